The number of hydrogen-bond donors (Lipinski definition) is 0. The number of rotatable bonds is 6. The second kappa shape index (κ2) is 13.4. The lowest BCUT2D eigenvalue weighted by Crippen LogP contribution is -2.29. The fourth-order valence-corrected chi connectivity index (χ4v) is 7.27. The predicted molar refractivity (Wildman–Crippen MR) is 226 cm³/mol. The number of aromatic nitrogens is 4. The molecule has 3 aromatic heterocycles. The van der Waals surface area contributed by atoms with Crippen LogP contribution in [-0.2, 0) is 16.2 Å². The van der Waals surface area contributed by atoms with Gasteiger partial charge in [-0.05, 0) is 98.7 Å². The highest BCUT2D eigenvalue weighted by Gasteiger charge is 2.21. The van der Waals surface area contributed by atoms with Gasteiger partial charge in [0.2, 0.25) is 0 Å². The molecule has 0 saturated carbocycles. The number of para-hydroxylation sites is 1. The van der Waals surface area contributed by atoms with Crippen LogP contribution in [0, 0.1) is 6.33 Å². The molecule has 0 aliphatic heterocycles. The van der Waals surface area contributed by atoms with Gasteiger partial charge in [0, 0.05) is 35.4 Å². The molecule has 3 heterocycles. The number of pyridine rings is 1. The molecule has 0 spiro atoms. The van der Waals surface area contributed by atoms with Crippen molar-refractivity contribution in [2.24, 2.45) is 0 Å². The Morgan fingerprint density at radius 1 is 0.582 bits per heavy atom. The van der Waals surface area contributed by atoms with E-state index in [-0.39, 0.29) is 16.2 Å². The summed E-state index contributed by atoms with van der Waals surface area (Å²) in [7, 11) is 0. The van der Waals surface area contributed by atoms with Crippen LogP contribution < -0.4 is 9.30 Å². The van der Waals surface area contributed by atoms with E-state index in [1.807, 2.05) is 6.20 Å². The standard InChI is InChI=1S/C50H50N4O/c1-48(2,3)35-19-22-44(43(29-35)34-15-11-10-12-16-34)53-26-25-52(33-53)38-27-37(50(7,8)9)28-40(31-38)55-39-20-21-42-41-17-13-14-18-45(41)54(46(42)32-39)47-30-36(23-24-51-47)49(4,5)6/h10-32H,1-9H3. The second-order valence-corrected chi connectivity index (χ2v) is 17.7. The summed E-state index contributed by atoms with van der Waals surface area (Å²) in [5.41, 5.74) is 10.2. The minimum atomic E-state index is -0.110. The Kier molecular flexibility index (Phi) is 8.80. The zero-order chi connectivity index (χ0) is 38.7. The Morgan fingerprint density at radius 2 is 1.27 bits per heavy atom. The van der Waals surface area contributed by atoms with E-state index in [4.69, 9.17) is 9.72 Å². The largest absolute Gasteiger partial charge is 0.458 e. The summed E-state index contributed by atoms with van der Waals surface area (Å²) in [6, 6.07) is 43.1. The molecular weight excluding hydrogens is 673 g/mol. The molecule has 8 aromatic rings. The number of hydrogen-bond acceptors (Lipinski definition) is 2. The quantitative estimate of drug-likeness (QED) is 0.127. The molecule has 5 aromatic carbocycles. The maximum atomic E-state index is 6.79. The van der Waals surface area contributed by atoms with Gasteiger partial charge in [-0.1, -0.05) is 123 Å². The number of nitrogens with zero attached hydrogens (tertiary/aromatic N) is 4. The topological polar surface area (TPSA) is 35.9 Å². The molecule has 55 heavy (non-hydrogen) atoms. The summed E-state index contributed by atoms with van der Waals surface area (Å²) >= 11 is 0. The van der Waals surface area contributed by atoms with Gasteiger partial charge in [0.25, 0.3) is 6.33 Å². The van der Waals surface area contributed by atoms with Crippen molar-refractivity contribution < 1.29 is 9.30 Å². The van der Waals surface area contributed by atoms with Crippen molar-refractivity contribution in [3.8, 4) is 39.8 Å². The number of ether oxygens (including phenoxy) is 1. The maximum absolute atomic E-state index is 6.79. The van der Waals surface area contributed by atoms with Crippen molar-refractivity contribution >= 4 is 21.8 Å². The molecular formula is C50H50N4O. The molecule has 0 fully saturated rings. The van der Waals surface area contributed by atoms with Gasteiger partial charge < -0.3 is 4.74 Å². The molecule has 0 aliphatic carbocycles. The average Bonchev–Trinajstić information content (AvgIpc) is 3.77. The Hall–Kier alpha value is -5.94. The van der Waals surface area contributed by atoms with Gasteiger partial charge in [0.05, 0.1) is 22.4 Å². The minimum Gasteiger partial charge on any atom is -0.458 e. The fourth-order valence-electron chi connectivity index (χ4n) is 7.27. The van der Waals surface area contributed by atoms with Crippen LogP contribution in [0.3, 0.4) is 0 Å². The van der Waals surface area contributed by atoms with E-state index in [9.17, 15) is 0 Å². The first kappa shape index (κ1) is 36.1. The van der Waals surface area contributed by atoms with Gasteiger partial charge >= 0.3 is 0 Å². The monoisotopic (exact) mass is 722 g/mol. The molecule has 0 unspecified atom stereocenters. The highest BCUT2D eigenvalue weighted by atomic mass is 16.5. The summed E-state index contributed by atoms with van der Waals surface area (Å²) in [5, 5.41) is 2.34. The summed E-state index contributed by atoms with van der Waals surface area (Å²) in [6.45, 7) is 20.2. The Labute approximate surface area is 325 Å². The van der Waals surface area contributed by atoms with E-state index in [0.717, 1.165) is 45.1 Å². The Bertz CT molecular complexity index is 2680. The van der Waals surface area contributed by atoms with Gasteiger partial charge in [-0.2, -0.15) is 0 Å². The van der Waals surface area contributed by atoms with Crippen LogP contribution in [0.15, 0.2) is 140 Å². The molecule has 0 atom stereocenters. The van der Waals surface area contributed by atoms with Crippen molar-refractivity contribution in [2.75, 3.05) is 0 Å². The smallest absolute Gasteiger partial charge is 0.268 e. The van der Waals surface area contributed by atoms with Gasteiger partial charge in [0.1, 0.15) is 17.3 Å². The van der Waals surface area contributed by atoms with Crippen molar-refractivity contribution in [3.05, 3.63) is 163 Å². The molecule has 5 heteroatoms. The van der Waals surface area contributed by atoms with E-state index >= 15 is 0 Å². The number of imidazole rings is 1. The maximum Gasteiger partial charge on any atom is 0.268 e. The van der Waals surface area contributed by atoms with Crippen molar-refractivity contribution in [1.29, 1.82) is 0 Å². The Morgan fingerprint density at radius 3 is 2.02 bits per heavy atom. The summed E-state index contributed by atoms with van der Waals surface area (Å²) in [5.74, 6) is 2.43. The molecule has 0 radical (unpaired) electrons. The van der Waals surface area contributed by atoms with Crippen molar-refractivity contribution in [3.63, 3.8) is 0 Å². The van der Waals surface area contributed by atoms with E-state index in [0.29, 0.717) is 0 Å². The third kappa shape index (κ3) is 7.07. The highest BCUT2D eigenvalue weighted by molar-refractivity contribution is 6.09. The van der Waals surface area contributed by atoms with Crippen molar-refractivity contribution in [1.82, 2.24) is 14.1 Å². The zero-order valence-corrected chi connectivity index (χ0v) is 33.5. The lowest BCUT2D eigenvalue weighted by molar-refractivity contribution is -0.598. The van der Waals surface area contributed by atoms with Crippen LogP contribution in [0.4, 0.5) is 0 Å². The minimum absolute atomic E-state index is 0.00200. The highest BCUT2D eigenvalue weighted by Crippen LogP contribution is 2.38. The lowest BCUT2D eigenvalue weighted by Gasteiger charge is -2.22. The SMILES string of the molecule is CC(C)(C)c1cc(Oc2ccc3c4ccccc4n(-c4cc(C(C)(C)C)ccn4)c3c2)cc(-n2[c-][n+](-c3ccc(C(C)(C)C)cc3-c3ccccc3)cc2)c1. The van der Waals surface area contributed by atoms with Gasteiger partial charge in [-0.15, -0.1) is 0 Å². The third-order valence-corrected chi connectivity index (χ3v) is 10.5. The Balaban J connectivity index is 1.20. The summed E-state index contributed by atoms with van der Waals surface area (Å²) < 4.78 is 13.2. The van der Waals surface area contributed by atoms with E-state index in [2.05, 4.69) is 216 Å². The first-order chi connectivity index (χ1) is 26.1. The fraction of sp³-hybridized carbons (Fsp3) is 0.240. The number of benzene rings is 5. The molecule has 0 amide bonds. The van der Waals surface area contributed by atoms with Crippen LogP contribution in [0.5, 0.6) is 11.5 Å². The van der Waals surface area contributed by atoms with E-state index in [1.54, 1.807) is 0 Å². The first-order valence-electron chi connectivity index (χ1n) is 19.2. The van der Waals surface area contributed by atoms with E-state index in [1.165, 1.54) is 33.2 Å². The third-order valence-electron chi connectivity index (χ3n) is 10.5. The molecule has 8 rings (SSSR count). The van der Waals surface area contributed by atoms with Crippen LogP contribution in [0.2, 0.25) is 0 Å². The van der Waals surface area contributed by atoms with Crippen LogP contribution >= 0.6 is 0 Å². The molecule has 0 N–H and O–H groups in total. The molecule has 5 nitrogen and oxygen atoms in total. The van der Waals surface area contributed by atoms with Crippen LogP contribution in [0.1, 0.15) is 79.0 Å². The van der Waals surface area contributed by atoms with Gasteiger partial charge in [-0.3, -0.25) is 13.7 Å². The zero-order valence-electron chi connectivity index (χ0n) is 33.5. The molecule has 0 bridgehead atoms. The number of fused-ring (bicyclic) bond motifs is 3. The van der Waals surface area contributed by atoms with E-state index < -0.39 is 0 Å². The first-order valence-corrected chi connectivity index (χ1v) is 19.2. The predicted octanol–water partition coefficient (Wildman–Crippen LogP) is 12.4. The van der Waals surface area contributed by atoms with Gasteiger partial charge in [-0.25, -0.2) is 4.98 Å². The van der Waals surface area contributed by atoms with Crippen LogP contribution in [-0.4, -0.2) is 14.1 Å². The molecule has 0 aliphatic rings. The van der Waals surface area contributed by atoms with Crippen LogP contribution in [0.25, 0.3) is 50.1 Å². The molecule has 276 valence electrons. The lowest BCUT2D eigenvalue weighted by atomic mass is 9.85. The second-order valence-electron chi connectivity index (χ2n) is 17.7. The summed E-state index contributed by atoms with van der Waals surface area (Å²) in [4.78, 5) is 4.87. The average molecular weight is 723 g/mol. The van der Waals surface area contributed by atoms with Gasteiger partial charge in [0.15, 0.2) is 0 Å². The normalized spacial score (nSPS) is 12.5. The molecule has 0 saturated heterocycles. The summed E-state index contributed by atoms with van der Waals surface area (Å²) in [6.07, 6.45) is 9.70. The van der Waals surface area contributed by atoms with Crippen molar-refractivity contribution in [2.45, 2.75) is 78.6 Å².